The molecule has 1 aromatic rings. The van der Waals surface area contributed by atoms with Gasteiger partial charge in [-0.3, -0.25) is 0 Å². The van der Waals surface area contributed by atoms with Gasteiger partial charge in [0.1, 0.15) is 11.4 Å². The Morgan fingerprint density at radius 1 is 1.16 bits per heavy atom. The summed E-state index contributed by atoms with van der Waals surface area (Å²) in [5, 5.41) is 2.68. The molecule has 0 unspecified atom stereocenters. The van der Waals surface area contributed by atoms with E-state index in [0.29, 0.717) is 11.0 Å². The first kappa shape index (κ1) is 25.9. The van der Waals surface area contributed by atoms with Crippen LogP contribution in [0.1, 0.15) is 71.3 Å². The van der Waals surface area contributed by atoms with Crippen LogP contribution >= 0.6 is 0 Å². The Kier molecular flexibility index (Phi) is 7.78. The number of alkyl carbamates (subject to hydrolysis) is 1. The number of amides is 1. The van der Waals surface area contributed by atoms with E-state index in [1.165, 1.54) is 18.2 Å². The molecule has 1 aromatic carbocycles. The smallest absolute Gasteiger partial charge is 0.462 e. The third kappa shape index (κ3) is 6.56. The number of ether oxygens (including phenoxy) is 2. The summed E-state index contributed by atoms with van der Waals surface area (Å²) in [7, 11) is -0.826. The molecule has 1 fully saturated rings. The first-order valence-corrected chi connectivity index (χ1v) is 10.6. The van der Waals surface area contributed by atoms with Crippen LogP contribution in [0.15, 0.2) is 23.7 Å². The number of nitrogens with one attached hydrogen (secondary N) is 1. The number of hydrogen-bond donors (Lipinski definition) is 1. The predicted octanol–water partition coefficient (Wildman–Crippen LogP) is 4.54. The minimum atomic E-state index is -0.826. The summed E-state index contributed by atoms with van der Waals surface area (Å²) in [5.74, 6) is -1.09. The summed E-state index contributed by atoms with van der Waals surface area (Å²) in [4.78, 5) is 24.6. The summed E-state index contributed by atoms with van der Waals surface area (Å²) < 4.78 is 36.7. The third-order valence-electron chi connectivity index (χ3n) is 5.24. The molecule has 1 N–H and O–H groups in total. The van der Waals surface area contributed by atoms with Crippen LogP contribution in [0.3, 0.4) is 0 Å². The van der Waals surface area contributed by atoms with E-state index in [9.17, 15) is 14.0 Å². The first-order chi connectivity index (χ1) is 14.6. The van der Waals surface area contributed by atoms with E-state index in [0.717, 1.165) is 0 Å². The van der Waals surface area contributed by atoms with Gasteiger partial charge in [-0.15, -0.1) is 0 Å². The van der Waals surface area contributed by atoms with Gasteiger partial charge in [-0.1, -0.05) is 6.08 Å². The average molecular weight is 449 g/mol. The van der Waals surface area contributed by atoms with E-state index in [1.807, 2.05) is 27.7 Å². The molecule has 1 heterocycles. The molecular formula is C23H33BFNO6. The van der Waals surface area contributed by atoms with Gasteiger partial charge in [0.15, 0.2) is 0 Å². The molecule has 0 atom stereocenters. The highest BCUT2D eigenvalue weighted by Gasteiger charge is 2.52. The van der Waals surface area contributed by atoms with Crippen LogP contribution in [0.25, 0.3) is 6.08 Å². The summed E-state index contributed by atoms with van der Waals surface area (Å²) in [5.41, 5.74) is -0.953. The molecule has 32 heavy (non-hydrogen) atoms. The Morgan fingerprint density at radius 2 is 1.75 bits per heavy atom. The van der Waals surface area contributed by atoms with Gasteiger partial charge in [0.2, 0.25) is 0 Å². The molecule has 0 bridgehead atoms. The van der Waals surface area contributed by atoms with Crippen molar-refractivity contribution in [3.8, 4) is 0 Å². The average Bonchev–Trinajstić information content (AvgIpc) is 2.84. The fourth-order valence-corrected chi connectivity index (χ4v) is 2.93. The van der Waals surface area contributed by atoms with Crippen LogP contribution in [-0.4, -0.2) is 49.1 Å². The number of hydrogen-bond acceptors (Lipinski definition) is 6. The van der Waals surface area contributed by atoms with Crippen molar-refractivity contribution in [2.75, 3.05) is 13.2 Å². The number of rotatable bonds is 6. The number of carbonyl (C=O) groups excluding carboxylic acids is 2. The fraction of sp³-hybridized carbons (Fsp3) is 0.565. The molecule has 176 valence electrons. The van der Waals surface area contributed by atoms with E-state index in [4.69, 9.17) is 18.8 Å². The molecule has 1 aliphatic rings. The molecular weight excluding hydrogens is 416 g/mol. The number of carbonyl (C=O) groups is 2. The van der Waals surface area contributed by atoms with E-state index in [-0.39, 0.29) is 18.7 Å². The molecule has 0 radical (unpaired) electrons. The van der Waals surface area contributed by atoms with Gasteiger partial charge in [-0.2, -0.15) is 0 Å². The SMILES string of the molecule is CCOC(=O)c1ccc(F)cc1C=C(CNC(=O)OC(C)(C)C)B1OC(C)(C)C(C)(C)O1. The first-order valence-electron chi connectivity index (χ1n) is 10.6. The quantitative estimate of drug-likeness (QED) is 0.507. The van der Waals surface area contributed by atoms with Crippen LogP contribution in [0.4, 0.5) is 9.18 Å². The molecule has 0 aromatic heterocycles. The zero-order valence-electron chi connectivity index (χ0n) is 20.1. The predicted molar refractivity (Wildman–Crippen MR) is 121 cm³/mol. The summed E-state index contributed by atoms with van der Waals surface area (Å²) in [6.45, 7) is 14.8. The summed E-state index contributed by atoms with van der Waals surface area (Å²) >= 11 is 0. The van der Waals surface area contributed by atoms with Crippen molar-refractivity contribution in [2.45, 2.75) is 72.2 Å². The molecule has 2 rings (SSSR count). The summed E-state index contributed by atoms with van der Waals surface area (Å²) in [6, 6.07) is 3.78. The van der Waals surface area contributed by atoms with Crippen molar-refractivity contribution in [3.63, 3.8) is 0 Å². The van der Waals surface area contributed by atoms with Crippen molar-refractivity contribution in [1.82, 2.24) is 5.32 Å². The lowest BCUT2D eigenvalue weighted by Gasteiger charge is -2.32. The number of esters is 1. The molecule has 0 aliphatic carbocycles. The molecule has 1 saturated heterocycles. The lowest BCUT2D eigenvalue weighted by Crippen LogP contribution is -2.41. The van der Waals surface area contributed by atoms with E-state index in [2.05, 4.69) is 5.32 Å². The Labute approximate surface area is 189 Å². The van der Waals surface area contributed by atoms with Crippen LogP contribution in [0.5, 0.6) is 0 Å². The highest BCUT2D eigenvalue weighted by Crippen LogP contribution is 2.39. The Hall–Kier alpha value is -2.39. The van der Waals surface area contributed by atoms with Crippen LogP contribution in [0, 0.1) is 5.82 Å². The van der Waals surface area contributed by atoms with Crippen LogP contribution < -0.4 is 5.32 Å². The topological polar surface area (TPSA) is 83.1 Å². The van der Waals surface area contributed by atoms with Gasteiger partial charge in [0.05, 0.1) is 23.4 Å². The van der Waals surface area contributed by atoms with Crippen LogP contribution in [0.2, 0.25) is 0 Å². The molecule has 0 saturated carbocycles. The summed E-state index contributed by atoms with van der Waals surface area (Å²) in [6.07, 6.45) is 0.958. The molecule has 1 amide bonds. The fourth-order valence-electron chi connectivity index (χ4n) is 2.93. The Morgan fingerprint density at radius 3 is 2.28 bits per heavy atom. The standard InChI is InChI=1S/C23H33BFNO6/c1-9-29-19(27)18-11-10-17(25)13-15(18)12-16(14-26-20(28)30-21(2,3)4)24-31-22(5,6)23(7,8)32-24/h10-13H,9,14H2,1-8H3,(H,26,28). The lowest BCUT2D eigenvalue weighted by molar-refractivity contribution is 0.00578. The van der Waals surface area contributed by atoms with Gasteiger partial charge in [0.25, 0.3) is 0 Å². The second kappa shape index (κ2) is 9.62. The lowest BCUT2D eigenvalue weighted by atomic mass is 9.76. The minimum Gasteiger partial charge on any atom is -0.462 e. The Balaban J connectivity index is 2.43. The van der Waals surface area contributed by atoms with Crippen molar-refractivity contribution in [1.29, 1.82) is 0 Å². The van der Waals surface area contributed by atoms with Crippen molar-refractivity contribution in [3.05, 3.63) is 40.6 Å². The van der Waals surface area contributed by atoms with Gasteiger partial charge >= 0.3 is 19.2 Å². The van der Waals surface area contributed by atoms with Crippen LogP contribution in [-0.2, 0) is 18.8 Å². The monoisotopic (exact) mass is 449 g/mol. The maximum Gasteiger partial charge on any atom is 0.492 e. The largest absolute Gasteiger partial charge is 0.492 e. The van der Waals surface area contributed by atoms with Crippen molar-refractivity contribution < 1.29 is 32.8 Å². The van der Waals surface area contributed by atoms with Gasteiger partial charge in [-0.05, 0) is 84.6 Å². The normalized spacial score (nSPS) is 17.8. The molecule has 0 spiro atoms. The second-order valence-corrected chi connectivity index (χ2v) is 9.61. The highest BCUT2D eigenvalue weighted by atomic mass is 19.1. The van der Waals surface area contributed by atoms with Crippen molar-refractivity contribution in [2.24, 2.45) is 0 Å². The number of benzene rings is 1. The minimum absolute atomic E-state index is 0.00448. The van der Waals surface area contributed by atoms with E-state index in [1.54, 1.807) is 33.8 Å². The van der Waals surface area contributed by atoms with Crippen molar-refractivity contribution >= 4 is 25.3 Å². The third-order valence-corrected chi connectivity index (χ3v) is 5.24. The number of halogens is 1. The van der Waals surface area contributed by atoms with Gasteiger partial charge in [-0.25, -0.2) is 14.0 Å². The molecule has 7 nitrogen and oxygen atoms in total. The Bertz CT molecular complexity index is 875. The highest BCUT2D eigenvalue weighted by molar-refractivity contribution is 6.56. The molecule has 1 aliphatic heterocycles. The van der Waals surface area contributed by atoms with E-state index >= 15 is 0 Å². The maximum atomic E-state index is 14.0. The van der Waals surface area contributed by atoms with Gasteiger partial charge < -0.3 is 24.1 Å². The zero-order valence-corrected chi connectivity index (χ0v) is 20.1. The van der Waals surface area contributed by atoms with E-state index < -0.39 is 41.8 Å². The van der Waals surface area contributed by atoms with Gasteiger partial charge in [0, 0.05) is 6.54 Å². The second-order valence-electron chi connectivity index (χ2n) is 9.61. The maximum absolute atomic E-state index is 14.0. The zero-order chi connectivity index (χ0) is 24.3. The molecule has 9 heteroatoms.